The summed E-state index contributed by atoms with van der Waals surface area (Å²) in [6.07, 6.45) is -4.36. The van der Waals surface area contributed by atoms with Gasteiger partial charge in [0, 0.05) is 11.9 Å². The molecule has 164 valence electrons. The number of aromatic nitrogens is 1. The van der Waals surface area contributed by atoms with Gasteiger partial charge in [-0.25, -0.2) is 19.5 Å². The average Bonchev–Trinajstić information content (AvgIpc) is 3.38. The predicted molar refractivity (Wildman–Crippen MR) is 111 cm³/mol. The molecule has 7 nitrogen and oxygen atoms in total. The summed E-state index contributed by atoms with van der Waals surface area (Å²) in [7, 11) is 0. The van der Waals surface area contributed by atoms with E-state index in [1.54, 1.807) is 0 Å². The van der Waals surface area contributed by atoms with Gasteiger partial charge in [-0.1, -0.05) is 38.9 Å². The molecule has 1 aliphatic heterocycles. The van der Waals surface area contributed by atoms with E-state index in [1.807, 2.05) is 0 Å². The summed E-state index contributed by atoms with van der Waals surface area (Å²) in [6.45, 7) is 0.367. The second-order valence-corrected chi connectivity index (χ2v) is 8.63. The summed E-state index contributed by atoms with van der Waals surface area (Å²) < 4.78 is 50.0. The predicted octanol–water partition coefficient (Wildman–Crippen LogP) is 5.38. The largest absolute Gasteiger partial charge is 0.456 e. The van der Waals surface area contributed by atoms with E-state index in [1.165, 1.54) is 23.3 Å². The van der Waals surface area contributed by atoms with Crippen LogP contribution in [-0.4, -0.2) is 46.5 Å². The molecule has 1 aliphatic rings. The molecule has 0 aliphatic carbocycles. The Morgan fingerprint density at radius 1 is 1.39 bits per heavy atom. The number of furan rings is 1. The Bertz CT molecular complexity index is 1150. The Hall–Kier alpha value is -2.31. The van der Waals surface area contributed by atoms with Crippen molar-refractivity contribution in [3.63, 3.8) is 0 Å². The van der Waals surface area contributed by atoms with Gasteiger partial charge in [0.05, 0.1) is 33.6 Å². The normalized spacial score (nSPS) is 17.1. The molecule has 0 radical (unpaired) electrons. The van der Waals surface area contributed by atoms with Crippen molar-refractivity contribution in [1.29, 1.82) is 0 Å². The monoisotopic (exact) mass is 537 g/mol. The first kappa shape index (κ1) is 21.9. The van der Waals surface area contributed by atoms with Crippen molar-refractivity contribution in [3.05, 3.63) is 46.9 Å². The summed E-state index contributed by atoms with van der Waals surface area (Å²) in [5.74, 6) is -1.09. The number of urea groups is 1. The topological polar surface area (TPSA) is 75.9 Å². The minimum absolute atomic E-state index is 0.0399. The molecule has 1 fully saturated rings. The number of ether oxygens (including phenoxy) is 1. The number of carbonyl (C=O) groups is 2. The highest BCUT2D eigenvalue weighted by atomic mass is 79.9. The maximum Gasteiger partial charge on any atom is 0.416 e. The van der Waals surface area contributed by atoms with Crippen LogP contribution in [0.5, 0.6) is 0 Å². The standard InChI is InChI=1S/C18H12BrClF3N3O4S/c19-4-5-25-8-13(30-15(27)14-10(20)3-6-29-14)26(17(25)28)16-24-11-7-9(18(21,22)23)1-2-12(11)31-16/h1-3,6-7,13H,4-5,8H2. The van der Waals surface area contributed by atoms with Crippen molar-refractivity contribution >= 4 is 66.2 Å². The van der Waals surface area contributed by atoms with Gasteiger partial charge >= 0.3 is 18.2 Å². The number of amides is 2. The minimum atomic E-state index is -4.52. The zero-order chi connectivity index (χ0) is 22.3. The molecule has 1 saturated heterocycles. The van der Waals surface area contributed by atoms with Crippen LogP contribution in [0.15, 0.2) is 34.9 Å². The van der Waals surface area contributed by atoms with Crippen molar-refractivity contribution in [3.8, 4) is 0 Å². The van der Waals surface area contributed by atoms with Crippen LogP contribution in [0.25, 0.3) is 10.2 Å². The molecule has 2 aromatic heterocycles. The number of anilines is 1. The molecular formula is C18H12BrClF3N3O4S. The highest BCUT2D eigenvalue weighted by Crippen LogP contribution is 2.37. The van der Waals surface area contributed by atoms with E-state index in [2.05, 4.69) is 20.9 Å². The molecular weight excluding hydrogens is 527 g/mol. The minimum Gasteiger partial charge on any atom is -0.456 e. The first-order valence-electron chi connectivity index (χ1n) is 8.75. The van der Waals surface area contributed by atoms with Crippen LogP contribution in [0.2, 0.25) is 5.02 Å². The number of carbonyl (C=O) groups excluding carboxylic acids is 2. The van der Waals surface area contributed by atoms with E-state index in [4.69, 9.17) is 20.8 Å². The van der Waals surface area contributed by atoms with Crippen LogP contribution in [0, 0.1) is 0 Å². The molecule has 0 spiro atoms. The smallest absolute Gasteiger partial charge is 0.416 e. The molecule has 0 N–H and O–H groups in total. The number of nitrogens with zero attached hydrogens (tertiary/aromatic N) is 3. The Balaban J connectivity index is 1.68. The Labute approximate surface area is 190 Å². The zero-order valence-electron chi connectivity index (χ0n) is 15.4. The van der Waals surface area contributed by atoms with Gasteiger partial charge in [-0.15, -0.1) is 0 Å². The van der Waals surface area contributed by atoms with E-state index in [0.29, 0.717) is 16.6 Å². The highest BCUT2D eigenvalue weighted by Gasteiger charge is 2.43. The molecule has 3 aromatic rings. The van der Waals surface area contributed by atoms with E-state index in [9.17, 15) is 22.8 Å². The van der Waals surface area contributed by atoms with Crippen LogP contribution < -0.4 is 4.90 Å². The summed E-state index contributed by atoms with van der Waals surface area (Å²) in [5.41, 5.74) is -0.762. The number of hydrogen-bond acceptors (Lipinski definition) is 6. The lowest BCUT2D eigenvalue weighted by atomic mass is 10.2. The summed E-state index contributed by atoms with van der Waals surface area (Å²) >= 11 is 10.2. The van der Waals surface area contributed by atoms with Crippen LogP contribution in [0.3, 0.4) is 0 Å². The second kappa shape index (κ2) is 8.32. The lowest BCUT2D eigenvalue weighted by molar-refractivity contribution is -0.137. The lowest BCUT2D eigenvalue weighted by Crippen LogP contribution is -2.37. The van der Waals surface area contributed by atoms with E-state index in [-0.39, 0.29) is 28.0 Å². The SMILES string of the molecule is O=C(OC1CN(CCBr)C(=O)N1c1nc2cc(C(F)(F)F)ccc2s1)c1occc1Cl. The number of benzene rings is 1. The fourth-order valence-corrected chi connectivity index (χ4v) is 4.60. The molecule has 1 aromatic carbocycles. The second-order valence-electron chi connectivity index (χ2n) is 6.42. The van der Waals surface area contributed by atoms with Crippen molar-refractivity contribution < 1.29 is 31.9 Å². The third-order valence-electron chi connectivity index (χ3n) is 4.45. The quantitative estimate of drug-likeness (QED) is 0.322. The molecule has 0 saturated carbocycles. The van der Waals surface area contributed by atoms with Gasteiger partial charge in [-0.3, -0.25) is 0 Å². The number of fused-ring (bicyclic) bond motifs is 1. The van der Waals surface area contributed by atoms with Crippen LogP contribution in [-0.2, 0) is 10.9 Å². The van der Waals surface area contributed by atoms with Crippen molar-refractivity contribution in [2.75, 3.05) is 23.3 Å². The average molecular weight is 539 g/mol. The molecule has 4 rings (SSSR count). The van der Waals surface area contributed by atoms with Gasteiger partial charge in [-0.2, -0.15) is 13.2 Å². The van der Waals surface area contributed by atoms with Gasteiger partial charge in [0.25, 0.3) is 0 Å². The molecule has 1 unspecified atom stereocenters. The summed E-state index contributed by atoms with van der Waals surface area (Å²) in [5, 5.41) is 0.643. The number of rotatable bonds is 5. The van der Waals surface area contributed by atoms with Crippen LogP contribution in [0.4, 0.5) is 23.1 Å². The molecule has 1 atom stereocenters. The third-order valence-corrected chi connectivity index (χ3v) is 6.14. The van der Waals surface area contributed by atoms with Gasteiger partial charge < -0.3 is 14.1 Å². The molecule has 0 bridgehead atoms. The van der Waals surface area contributed by atoms with Crippen molar-refractivity contribution in [2.45, 2.75) is 12.4 Å². The summed E-state index contributed by atoms with van der Waals surface area (Å²) in [4.78, 5) is 32.1. The number of hydrogen-bond donors (Lipinski definition) is 0. The number of alkyl halides is 4. The van der Waals surface area contributed by atoms with Crippen LogP contribution >= 0.6 is 38.9 Å². The third kappa shape index (κ3) is 4.23. The first-order valence-corrected chi connectivity index (χ1v) is 11.1. The molecule has 2 amide bonds. The number of halogens is 5. The van der Waals surface area contributed by atoms with Gasteiger partial charge in [-0.05, 0) is 24.3 Å². The van der Waals surface area contributed by atoms with E-state index in [0.717, 1.165) is 28.4 Å². The van der Waals surface area contributed by atoms with Crippen LogP contribution in [0.1, 0.15) is 16.1 Å². The first-order chi connectivity index (χ1) is 14.7. The number of esters is 1. The lowest BCUT2D eigenvalue weighted by Gasteiger charge is -2.19. The van der Waals surface area contributed by atoms with Crippen molar-refractivity contribution in [1.82, 2.24) is 9.88 Å². The maximum atomic E-state index is 13.0. The summed E-state index contributed by atoms with van der Waals surface area (Å²) in [6, 6.07) is 4.04. The highest BCUT2D eigenvalue weighted by molar-refractivity contribution is 9.09. The Morgan fingerprint density at radius 2 is 2.16 bits per heavy atom. The molecule has 13 heteroatoms. The maximum absolute atomic E-state index is 13.0. The van der Waals surface area contributed by atoms with E-state index < -0.39 is 30.0 Å². The zero-order valence-corrected chi connectivity index (χ0v) is 18.5. The fraction of sp³-hybridized carbons (Fsp3) is 0.278. The van der Waals surface area contributed by atoms with Gasteiger partial charge in [0.15, 0.2) is 5.13 Å². The van der Waals surface area contributed by atoms with E-state index >= 15 is 0 Å². The van der Waals surface area contributed by atoms with Crippen molar-refractivity contribution in [2.24, 2.45) is 0 Å². The Kier molecular flexibility index (Phi) is 5.88. The van der Waals surface area contributed by atoms with Gasteiger partial charge in [0.1, 0.15) is 0 Å². The van der Waals surface area contributed by atoms with Gasteiger partial charge in [0.2, 0.25) is 12.0 Å². The molecule has 3 heterocycles. The Morgan fingerprint density at radius 3 is 2.81 bits per heavy atom. The fourth-order valence-electron chi connectivity index (χ4n) is 3.02. The number of thiazole rings is 1. The molecule has 31 heavy (non-hydrogen) atoms.